The molecule has 2 unspecified atom stereocenters. The van der Waals surface area contributed by atoms with Gasteiger partial charge in [-0.1, -0.05) is 79.7 Å². The fourth-order valence-corrected chi connectivity index (χ4v) is 6.46. The molecular weight excluding hydrogens is 564 g/mol. The Morgan fingerprint density at radius 2 is 1.00 bits per heavy atom. The first-order valence-electron chi connectivity index (χ1n) is 17.3. The molecule has 45 heavy (non-hydrogen) atoms. The number of phenols is 2. The van der Waals surface area contributed by atoms with Gasteiger partial charge in [-0.2, -0.15) is 0 Å². The average Bonchev–Trinajstić information content (AvgIpc) is 3.02. The van der Waals surface area contributed by atoms with Crippen LogP contribution in [0.3, 0.4) is 0 Å². The lowest BCUT2D eigenvalue weighted by Crippen LogP contribution is -2.52. The molecule has 252 valence electrons. The maximum Gasteiger partial charge on any atom is 0.157 e. The lowest BCUT2D eigenvalue weighted by atomic mass is 9.79. The summed E-state index contributed by atoms with van der Waals surface area (Å²) in [6.45, 7) is 23.9. The van der Waals surface area contributed by atoms with E-state index in [1.807, 2.05) is 13.8 Å². The van der Waals surface area contributed by atoms with Crippen LogP contribution in [0, 0.1) is 19.3 Å². The molecule has 2 heterocycles. The summed E-state index contributed by atoms with van der Waals surface area (Å²) in [5.41, 5.74) is 6.06. The van der Waals surface area contributed by atoms with Gasteiger partial charge in [0.2, 0.25) is 0 Å². The molecule has 0 radical (unpaired) electrons. The molecule has 2 aliphatic rings. The van der Waals surface area contributed by atoms with E-state index in [1.54, 1.807) is 0 Å². The van der Waals surface area contributed by atoms with Crippen LogP contribution in [0.25, 0.3) is 0 Å². The largest absolute Gasteiger partial charge is 0.507 e. The highest BCUT2D eigenvalue weighted by molar-refractivity contribution is 5.48. The Bertz CT molecular complexity index is 1180. The molecule has 1 spiro atoms. The van der Waals surface area contributed by atoms with E-state index in [-0.39, 0.29) is 28.8 Å². The van der Waals surface area contributed by atoms with Gasteiger partial charge >= 0.3 is 0 Å². The quantitative estimate of drug-likeness (QED) is 0.245. The smallest absolute Gasteiger partial charge is 0.157 e. The third-order valence-corrected chi connectivity index (χ3v) is 11.0. The van der Waals surface area contributed by atoms with Crippen molar-refractivity contribution in [3.05, 3.63) is 57.6 Å². The molecule has 6 heteroatoms. The second-order valence-electron chi connectivity index (χ2n) is 15.5. The highest BCUT2D eigenvalue weighted by Gasteiger charge is 2.42. The fraction of sp³-hybridized carbons (Fsp3) is 0.692. The standard InChI is InChI=1S/C39H60O6/c1-11-37(7,8)31-19-29(17-27(5)35(31)40)25(3)13-15-33-42-21-39(22-43-33)23-44-34(45-24-39)16-14-26(4)30-18-28(6)36(41)32(20-30)38(9,10)12-2/h17-20,25-26,33-34,40-41H,11-16,21-24H2,1-10H3. The number of hydrogen-bond acceptors (Lipinski definition) is 6. The first-order valence-corrected chi connectivity index (χ1v) is 17.3. The van der Waals surface area contributed by atoms with Gasteiger partial charge in [-0.15, -0.1) is 0 Å². The van der Waals surface area contributed by atoms with E-state index in [9.17, 15) is 10.2 Å². The van der Waals surface area contributed by atoms with Crippen LogP contribution in [0.15, 0.2) is 24.3 Å². The van der Waals surface area contributed by atoms with Gasteiger partial charge in [0.1, 0.15) is 11.5 Å². The number of aryl methyl sites for hydroxylation is 2. The zero-order valence-electron chi connectivity index (χ0n) is 29.7. The minimum Gasteiger partial charge on any atom is -0.507 e. The predicted molar refractivity (Wildman–Crippen MR) is 181 cm³/mol. The normalized spacial score (nSPS) is 24.1. The number of phenolic OH excluding ortho intramolecular Hbond substituents is 2. The molecule has 0 amide bonds. The van der Waals surface area contributed by atoms with Crippen LogP contribution in [0.4, 0.5) is 0 Å². The zero-order chi connectivity index (χ0) is 33.2. The molecule has 2 N–H and O–H groups in total. The molecule has 2 fully saturated rings. The first-order chi connectivity index (χ1) is 21.1. The summed E-state index contributed by atoms with van der Waals surface area (Å²) in [7, 11) is 0. The number of ether oxygens (including phenoxy) is 4. The van der Waals surface area contributed by atoms with E-state index in [2.05, 4.69) is 79.7 Å². The lowest BCUT2D eigenvalue weighted by molar-refractivity contribution is -0.304. The van der Waals surface area contributed by atoms with Gasteiger partial charge in [0.15, 0.2) is 12.6 Å². The van der Waals surface area contributed by atoms with Crippen LogP contribution >= 0.6 is 0 Å². The molecular formula is C39H60O6. The Kier molecular flexibility index (Phi) is 11.4. The molecule has 2 aliphatic heterocycles. The first kappa shape index (κ1) is 35.7. The SMILES string of the molecule is CCC(C)(C)c1cc(C(C)CCC2OCC3(CO2)COC(CCC(C)c2cc(C)c(O)c(C(C)(C)CC)c2)OC3)cc(C)c1O. The van der Waals surface area contributed by atoms with Crippen LogP contribution < -0.4 is 0 Å². The molecule has 0 aromatic heterocycles. The summed E-state index contributed by atoms with van der Waals surface area (Å²) in [6.07, 6.45) is 5.01. The third-order valence-electron chi connectivity index (χ3n) is 11.0. The van der Waals surface area contributed by atoms with Gasteiger partial charge in [0.05, 0.1) is 31.8 Å². The molecule has 2 atom stereocenters. The fourth-order valence-electron chi connectivity index (χ4n) is 6.46. The van der Waals surface area contributed by atoms with Crippen molar-refractivity contribution >= 4 is 0 Å². The Morgan fingerprint density at radius 3 is 1.31 bits per heavy atom. The molecule has 0 bridgehead atoms. The van der Waals surface area contributed by atoms with E-state index in [4.69, 9.17) is 18.9 Å². The van der Waals surface area contributed by atoms with E-state index < -0.39 is 0 Å². The van der Waals surface area contributed by atoms with Crippen molar-refractivity contribution in [2.45, 2.75) is 143 Å². The molecule has 2 aromatic rings. The van der Waals surface area contributed by atoms with E-state index >= 15 is 0 Å². The lowest BCUT2D eigenvalue weighted by Gasteiger charge is -2.44. The van der Waals surface area contributed by atoms with Gasteiger partial charge in [-0.25, -0.2) is 0 Å². The van der Waals surface area contributed by atoms with Gasteiger partial charge < -0.3 is 29.2 Å². The molecule has 0 aliphatic carbocycles. The van der Waals surface area contributed by atoms with Crippen LogP contribution in [-0.4, -0.2) is 49.2 Å². The summed E-state index contributed by atoms with van der Waals surface area (Å²) in [5.74, 6) is 1.51. The van der Waals surface area contributed by atoms with Crippen molar-refractivity contribution in [3.63, 3.8) is 0 Å². The summed E-state index contributed by atoms with van der Waals surface area (Å²) < 4.78 is 24.9. The number of rotatable bonds is 12. The molecule has 6 nitrogen and oxygen atoms in total. The molecule has 2 aromatic carbocycles. The molecule has 4 rings (SSSR count). The van der Waals surface area contributed by atoms with Crippen LogP contribution in [0.1, 0.15) is 139 Å². The Morgan fingerprint density at radius 1 is 0.667 bits per heavy atom. The van der Waals surface area contributed by atoms with Crippen molar-refractivity contribution in [2.24, 2.45) is 5.41 Å². The number of benzene rings is 2. The topological polar surface area (TPSA) is 77.4 Å². The third kappa shape index (κ3) is 8.25. The summed E-state index contributed by atoms with van der Waals surface area (Å²) >= 11 is 0. The van der Waals surface area contributed by atoms with Crippen molar-refractivity contribution < 1.29 is 29.2 Å². The van der Waals surface area contributed by atoms with Gasteiger partial charge in [-0.05, 0) is 97.3 Å². The van der Waals surface area contributed by atoms with E-state index in [0.717, 1.165) is 60.8 Å². The van der Waals surface area contributed by atoms with Gasteiger partial charge in [0.25, 0.3) is 0 Å². The van der Waals surface area contributed by atoms with Gasteiger partial charge in [-0.3, -0.25) is 0 Å². The summed E-state index contributed by atoms with van der Waals surface area (Å²) in [4.78, 5) is 0. The second-order valence-corrected chi connectivity index (χ2v) is 15.5. The predicted octanol–water partition coefficient (Wildman–Crippen LogP) is 9.29. The number of hydrogen-bond donors (Lipinski definition) is 2. The van der Waals surface area contributed by atoms with E-state index in [1.165, 1.54) is 11.1 Å². The minimum absolute atomic E-state index is 0.0719. The van der Waals surface area contributed by atoms with Crippen LogP contribution in [0.5, 0.6) is 11.5 Å². The van der Waals surface area contributed by atoms with E-state index in [0.29, 0.717) is 49.8 Å². The average molecular weight is 625 g/mol. The summed E-state index contributed by atoms with van der Waals surface area (Å²) in [5, 5.41) is 21.5. The van der Waals surface area contributed by atoms with Crippen molar-refractivity contribution in [1.82, 2.24) is 0 Å². The molecule has 0 saturated carbocycles. The van der Waals surface area contributed by atoms with Crippen LogP contribution in [0.2, 0.25) is 0 Å². The van der Waals surface area contributed by atoms with Crippen molar-refractivity contribution in [2.75, 3.05) is 26.4 Å². The summed E-state index contributed by atoms with van der Waals surface area (Å²) in [6, 6.07) is 8.63. The van der Waals surface area contributed by atoms with Gasteiger partial charge in [0, 0.05) is 11.1 Å². The number of aromatic hydroxyl groups is 2. The minimum atomic E-state index is -0.256. The highest BCUT2D eigenvalue weighted by Crippen LogP contribution is 2.41. The molecule has 2 saturated heterocycles. The maximum atomic E-state index is 10.7. The highest BCUT2D eigenvalue weighted by atomic mass is 16.7. The van der Waals surface area contributed by atoms with Crippen molar-refractivity contribution in [3.8, 4) is 11.5 Å². The monoisotopic (exact) mass is 624 g/mol. The van der Waals surface area contributed by atoms with Crippen molar-refractivity contribution in [1.29, 1.82) is 0 Å². The van der Waals surface area contributed by atoms with Crippen LogP contribution in [-0.2, 0) is 29.8 Å². The zero-order valence-corrected chi connectivity index (χ0v) is 29.7. The second kappa shape index (κ2) is 14.3. The Labute approximate surface area is 272 Å². The Hall–Kier alpha value is -2.12. The Balaban J connectivity index is 1.23. The maximum absolute atomic E-state index is 10.7.